The van der Waals surface area contributed by atoms with Crippen LogP contribution >= 0.6 is 11.3 Å². The molecule has 4 aromatic carbocycles. The average Bonchev–Trinajstić information content (AvgIpc) is 3.38. The average molecular weight is 455 g/mol. The zero-order valence-electron chi connectivity index (χ0n) is 19.3. The Morgan fingerprint density at radius 1 is 0.794 bits per heavy atom. The summed E-state index contributed by atoms with van der Waals surface area (Å²) in [5.74, 6) is 0. The fourth-order valence-corrected chi connectivity index (χ4v) is 6.89. The number of benzene rings is 4. The lowest BCUT2D eigenvalue weighted by Gasteiger charge is -2.32. The van der Waals surface area contributed by atoms with E-state index in [1.165, 1.54) is 53.6 Å². The molecule has 0 radical (unpaired) electrons. The van der Waals surface area contributed by atoms with Crippen LogP contribution in [-0.4, -0.2) is 0 Å². The molecule has 5 aromatic rings. The molecule has 0 fully saturated rings. The molecule has 0 amide bonds. The van der Waals surface area contributed by atoms with Crippen LogP contribution in [0.3, 0.4) is 0 Å². The number of hydrogen-bond donors (Lipinski definition) is 0. The van der Waals surface area contributed by atoms with Crippen LogP contribution in [0.15, 0.2) is 122 Å². The molecule has 1 atom stereocenters. The van der Waals surface area contributed by atoms with Gasteiger partial charge in [-0.05, 0) is 41.7 Å². The summed E-state index contributed by atoms with van der Waals surface area (Å²) in [6.07, 6.45) is 11.2. The van der Waals surface area contributed by atoms with Crippen LogP contribution in [0.1, 0.15) is 28.7 Å². The van der Waals surface area contributed by atoms with Gasteiger partial charge in [0.05, 0.1) is 0 Å². The first-order valence-electron chi connectivity index (χ1n) is 11.8. The molecule has 1 aromatic heterocycles. The van der Waals surface area contributed by atoms with Gasteiger partial charge in [0.1, 0.15) is 0 Å². The van der Waals surface area contributed by atoms with Crippen molar-refractivity contribution in [1.82, 2.24) is 0 Å². The van der Waals surface area contributed by atoms with E-state index in [0.29, 0.717) is 0 Å². The van der Waals surface area contributed by atoms with Crippen molar-refractivity contribution in [3.8, 4) is 11.1 Å². The minimum absolute atomic E-state index is 0.221. The van der Waals surface area contributed by atoms with E-state index in [0.717, 1.165) is 6.42 Å². The van der Waals surface area contributed by atoms with Crippen LogP contribution < -0.4 is 0 Å². The van der Waals surface area contributed by atoms with E-state index in [4.69, 9.17) is 0 Å². The highest BCUT2D eigenvalue weighted by Gasteiger charge is 2.44. The van der Waals surface area contributed by atoms with E-state index < -0.39 is 0 Å². The molecule has 0 nitrogen and oxygen atoms in total. The van der Waals surface area contributed by atoms with Crippen molar-refractivity contribution < 1.29 is 0 Å². The van der Waals surface area contributed by atoms with Crippen LogP contribution in [0.5, 0.6) is 0 Å². The van der Waals surface area contributed by atoms with Crippen LogP contribution in [0.4, 0.5) is 0 Å². The number of hydrogen-bond acceptors (Lipinski definition) is 1. The second kappa shape index (κ2) is 8.27. The summed E-state index contributed by atoms with van der Waals surface area (Å²) in [4.78, 5) is 0. The fourth-order valence-electron chi connectivity index (χ4n) is 5.62. The predicted octanol–water partition coefficient (Wildman–Crippen LogP) is 9.37. The Balaban J connectivity index is 1.71. The number of allylic oxidation sites excluding steroid dienone is 5. The number of rotatable bonds is 5. The molecule has 0 saturated carbocycles. The Bertz CT molecular complexity index is 1600. The monoisotopic (exact) mass is 454 g/mol. The molecule has 0 spiro atoms. The van der Waals surface area contributed by atoms with Crippen LogP contribution in [0, 0.1) is 6.92 Å². The molecule has 1 aliphatic rings. The normalized spacial score (nSPS) is 17.1. The number of fused-ring (bicyclic) bond motifs is 7. The van der Waals surface area contributed by atoms with E-state index >= 15 is 0 Å². The molecule has 6 rings (SSSR count). The third-order valence-corrected chi connectivity index (χ3v) is 8.30. The van der Waals surface area contributed by atoms with Gasteiger partial charge in [0.2, 0.25) is 0 Å². The van der Waals surface area contributed by atoms with Gasteiger partial charge in [-0.2, -0.15) is 0 Å². The second-order valence-electron chi connectivity index (χ2n) is 9.04. The minimum Gasteiger partial charge on any atom is -0.135 e. The Kier molecular flexibility index (Phi) is 5.08. The van der Waals surface area contributed by atoms with Gasteiger partial charge in [-0.15, -0.1) is 11.3 Å². The van der Waals surface area contributed by atoms with Crippen molar-refractivity contribution in [2.24, 2.45) is 0 Å². The molecule has 1 heteroatoms. The summed E-state index contributed by atoms with van der Waals surface area (Å²) in [5, 5.41) is 2.71. The van der Waals surface area contributed by atoms with Crippen molar-refractivity contribution in [3.05, 3.63) is 144 Å². The van der Waals surface area contributed by atoms with Gasteiger partial charge < -0.3 is 0 Å². The largest absolute Gasteiger partial charge is 0.135 e. The molecule has 1 unspecified atom stereocenters. The smallest absolute Gasteiger partial charge is 0.0498 e. The maximum absolute atomic E-state index is 3.79. The molecule has 0 N–H and O–H groups in total. The van der Waals surface area contributed by atoms with Crippen molar-refractivity contribution in [2.75, 3.05) is 0 Å². The van der Waals surface area contributed by atoms with Gasteiger partial charge in [0.15, 0.2) is 0 Å². The van der Waals surface area contributed by atoms with Crippen molar-refractivity contribution in [2.45, 2.75) is 18.8 Å². The SMILES string of the molecule is C=C/C=C\C=C/CC1(c2ccccc2)c2cc(C)ccc2-c2c1ccc1c2sc2ccccc21. The molecule has 1 heterocycles. The second-order valence-corrected chi connectivity index (χ2v) is 10.1. The Morgan fingerprint density at radius 2 is 1.62 bits per heavy atom. The highest BCUT2D eigenvalue weighted by Crippen LogP contribution is 2.58. The number of aryl methyl sites for hydroxylation is 1. The third-order valence-electron chi connectivity index (χ3n) is 7.10. The van der Waals surface area contributed by atoms with E-state index in [1.807, 2.05) is 23.5 Å². The molecule has 1 aliphatic carbocycles. The quantitative estimate of drug-likeness (QED) is 0.232. The first kappa shape index (κ1) is 20.9. The van der Waals surface area contributed by atoms with E-state index in [9.17, 15) is 0 Å². The molecule has 0 bridgehead atoms. The lowest BCUT2D eigenvalue weighted by molar-refractivity contribution is 0.645. The van der Waals surface area contributed by atoms with Crippen LogP contribution in [0.2, 0.25) is 0 Å². The van der Waals surface area contributed by atoms with Gasteiger partial charge in [-0.25, -0.2) is 0 Å². The molecular formula is C33H26S. The van der Waals surface area contributed by atoms with Crippen molar-refractivity contribution >= 4 is 31.5 Å². The summed E-state index contributed by atoms with van der Waals surface area (Å²) >= 11 is 1.93. The summed E-state index contributed by atoms with van der Waals surface area (Å²) < 4.78 is 2.75. The van der Waals surface area contributed by atoms with Crippen molar-refractivity contribution in [3.63, 3.8) is 0 Å². The molecule has 34 heavy (non-hydrogen) atoms. The Morgan fingerprint density at radius 3 is 2.47 bits per heavy atom. The van der Waals surface area contributed by atoms with Gasteiger partial charge >= 0.3 is 0 Å². The highest BCUT2D eigenvalue weighted by atomic mass is 32.1. The zero-order chi connectivity index (χ0) is 23.1. The lowest BCUT2D eigenvalue weighted by atomic mass is 9.70. The van der Waals surface area contributed by atoms with Gasteiger partial charge in [-0.1, -0.05) is 121 Å². The lowest BCUT2D eigenvalue weighted by Crippen LogP contribution is -2.26. The highest BCUT2D eigenvalue weighted by molar-refractivity contribution is 7.26. The topological polar surface area (TPSA) is 0 Å². The third kappa shape index (κ3) is 3.04. The van der Waals surface area contributed by atoms with Gasteiger partial charge in [0, 0.05) is 31.2 Å². The molecule has 0 aliphatic heterocycles. The summed E-state index contributed by atoms with van der Waals surface area (Å²) in [7, 11) is 0. The van der Waals surface area contributed by atoms with E-state index in [2.05, 4.69) is 117 Å². The summed E-state index contributed by atoms with van der Waals surface area (Å²) in [5.41, 5.74) is 8.03. The molecule has 164 valence electrons. The first-order chi connectivity index (χ1) is 16.7. The Hall–Kier alpha value is -3.68. The fraction of sp³-hybridized carbons (Fsp3) is 0.0909. The van der Waals surface area contributed by atoms with Crippen LogP contribution in [-0.2, 0) is 5.41 Å². The standard InChI is InChI=1S/C33H26S/c1-3-4-5-6-12-21-33(24-13-8-7-9-14-24)28-20-19-26-25-15-10-11-16-30(25)34-32(26)31(28)27-18-17-23(2)22-29(27)33/h3-20,22H,1,21H2,2H3/b5-4-,12-6-. The maximum Gasteiger partial charge on any atom is 0.0498 e. The van der Waals surface area contributed by atoms with Crippen molar-refractivity contribution in [1.29, 1.82) is 0 Å². The summed E-state index contributed by atoms with van der Waals surface area (Å²) in [6.45, 7) is 6.00. The molecule has 0 saturated heterocycles. The van der Waals surface area contributed by atoms with Gasteiger partial charge in [0.25, 0.3) is 0 Å². The van der Waals surface area contributed by atoms with E-state index in [1.54, 1.807) is 0 Å². The molecular weight excluding hydrogens is 428 g/mol. The van der Waals surface area contributed by atoms with Gasteiger partial charge in [-0.3, -0.25) is 0 Å². The minimum atomic E-state index is -0.221. The predicted molar refractivity (Wildman–Crippen MR) is 149 cm³/mol. The zero-order valence-corrected chi connectivity index (χ0v) is 20.1. The first-order valence-corrected chi connectivity index (χ1v) is 12.6. The van der Waals surface area contributed by atoms with Crippen LogP contribution in [0.25, 0.3) is 31.3 Å². The summed E-state index contributed by atoms with van der Waals surface area (Å²) in [6, 6.07) is 31.6. The Labute approximate surface area is 205 Å². The number of thiophene rings is 1. The maximum atomic E-state index is 3.79. The van der Waals surface area contributed by atoms with E-state index in [-0.39, 0.29) is 5.41 Å².